The van der Waals surface area contributed by atoms with E-state index in [0.717, 1.165) is 17.2 Å². The van der Waals surface area contributed by atoms with Crippen LogP contribution < -0.4 is 24.8 Å². The molecule has 0 radical (unpaired) electrons. The van der Waals surface area contributed by atoms with Crippen molar-refractivity contribution < 1.29 is 45.4 Å². The Labute approximate surface area is 310 Å². The van der Waals surface area contributed by atoms with E-state index in [4.69, 9.17) is 9.47 Å². The summed E-state index contributed by atoms with van der Waals surface area (Å²) in [6.07, 6.45) is 2.06. The summed E-state index contributed by atoms with van der Waals surface area (Å²) in [6, 6.07) is 4.01. The highest BCUT2D eigenvalue weighted by Gasteiger charge is 2.62. The minimum atomic E-state index is -4.68. The van der Waals surface area contributed by atoms with Crippen LogP contribution in [0.5, 0.6) is 11.5 Å². The number of alkyl halides is 3. The van der Waals surface area contributed by atoms with Crippen molar-refractivity contribution in [2.75, 3.05) is 27.3 Å². The van der Waals surface area contributed by atoms with E-state index in [1.165, 1.54) is 25.1 Å². The van der Waals surface area contributed by atoms with E-state index in [1.807, 2.05) is 12.2 Å². The highest BCUT2D eigenvalue weighted by molar-refractivity contribution is 7.91. The van der Waals surface area contributed by atoms with E-state index in [-0.39, 0.29) is 36.6 Å². The number of ether oxygens (including phenoxy) is 2. The molecule has 3 N–H and O–H groups in total. The summed E-state index contributed by atoms with van der Waals surface area (Å²) >= 11 is 0. The van der Waals surface area contributed by atoms with Gasteiger partial charge in [0, 0.05) is 50.0 Å². The van der Waals surface area contributed by atoms with Gasteiger partial charge in [-0.25, -0.2) is 18.2 Å². The lowest BCUT2D eigenvalue weighted by Crippen LogP contribution is -2.58. The summed E-state index contributed by atoms with van der Waals surface area (Å²) < 4.78 is 80.6. The molecule has 6 rings (SSSR count). The monoisotopic (exact) mass is 775 g/mol. The SMILES string of the molecule is COc1ccc2c(OCC[C@@H]3NC(=O)N(C)CCCC/C=C\[C@H]4C[C@@]4(C(=O)NS(=O)(=O)C4(C)CC4)NC3=O)cc(-c3cc(C(F)(F)F)nn3C)nc2c1C. The second kappa shape index (κ2) is 14.4. The lowest BCUT2D eigenvalue weighted by Gasteiger charge is -2.26. The number of pyridine rings is 1. The molecule has 2 saturated carbocycles. The largest absolute Gasteiger partial charge is 0.496 e. The molecule has 0 bridgehead atoms. The molecule has 3 atom stereocenters. The van der Waals surface area contributed by atoms with Gasteiger partial charge in [-0.2, -0.15) is 18.3 Å². The Morgan fingerprint density at radius 2 is 1.87 bits per heavy atom. The van der Waals surface area contributed by atoms with Crippen LogP contribution in [-0.4, -0.2) is 89.6 Å². The van der Waals surface area contributed by atoms with Gasteiger partial charge in [0.05, 0.1) is 35.4 Å². The number of amides is 4. The number of methoxy groups -OCH3 is 1. The normalized spacial score (nSPS) is 23.7. The van der Waals surface area contributed by atoms with Gasteiger partial charge >= 0.3 is 12.2 Å². The first-order valence-electron chi connectivity index (χ1n) is 17.7. The Kier molecular flexibility index (Phi) is 10.4. The molecule has 54 heavy (non-hydrogen) atoms. The molecule has 1 aliphatic heterocycles. The molecule has 1 aromatic carbocycles. The predicted octanol–water partition coefficient (Wildman–Crippen LogP) is 4.36. The number of benzene rings is 1. The zero-order valence-electron chi connectivity index (χ0n) is 30.7. The predicted molar refractivity (Wildman–Crippen MR) is 192 cm³/mol. The van der Waals surface area contributed by atoms with Crippen molar-refractivity contribution in [2.45, 2.75) is 81.3 Å². The second-order valence-electron chi connectivity index (χ2n) is 14.5. The molecular weight excluding hydrogens is 731 g/mol. The third-order valence-electron chi connectivity index (χ3n) is 10.5. The van der Waals surface area contributed by atoms with Gasteiger partial charge in [-0.1, -0.05) is 12.2 Å². The van der Waals surface area contributed by atoms with Crippen LogP contribution in [0.1, 0.15) is 63.1 Å². The zero-order chi connectivity index (χ0) is 39.2. The van der Waals surface area contributed by atoms with Crippen LogP contribution >= 0.6 is 0 Å². The maximum atomic E-state index is 14.0. The number of carbonyl (C=O) groups is 3. The fraction of sp³-hybridized carbons (Fsp3) is 0.528. The molecule has 2 aliphatic carbocycles. The summed E-state index contributed by atoms with van der Waals surface area (Å²) in [5.74, 6) is -1.29. The molecule has 4 amide bonds. The number of hydrogen-bond acceptors (Lipinski definition) is 9. The van der Waals surface area contributed by atoms with Gasteiger partial charge in [-0.15, -0.1) is 0 Å². The van der Waals surface area contributed by atoms with Gasteiger partial charge in [0.2, 0.25) is 15.9 Å². The van der Waals surface area contributed by atoms with Crippen LogP contribution in [0, 0.1) is 12.8 Å². The van der Waals surface area contributed by atoms with Gasteiger partial charge in [0.15, 0.2) is 5.69 Å². The minimum absolute atomic E-state index is 0.0753. The van der Waals surface area contributed by atoms with E-state index < -0.39 is 62.0 Å². The van der Waals surface area contributed by atoms with Crippen molar-refractivity contribution in [3.63, 3.8) is 0 Å². The van der Waals surface area contributed by atoms with Crippen molar-refractivity contribution in [1.82, 2.24) is 35.0 Å². The van der Waals surface area contributed by atoms with E-state index in [0.29, 0.717) is 54.4 Å². The standard InChI is InChI=1S/C36H44F3N7O7S/c1-21-27(52-5)12-11-23-28(18-25(40-30(21)23)26-19-29(36(37,38)39)43-46(26)4)53-17-13-24-31(47)42-35(32(48)44-54(50,51)34(2)14-15-34)20-22(35)10-8-6-7-9-16-45(3)33(49)41-24/h8,10-12,18-19,22,24H,6-7,9,13-17,20H2,1-5H3,(H,41,49)(H,42,47)(H,44,48)/b10-8-/t22-,24-,35+/m0/s1. The van der Waals surface area contributed by atoms with E-state index in [2.05, 4.69) is 25.4 Å². The van der Waals surface area contributed by atoms with E-state index in [1.54, 1.807) is 33.0 Å². The van der Waals surface area contributed by atoms with E-state index in [9.17, 15) is 36.0 Å². The van der Waals surface area contributed by atoms with Crippen LogP contribution in [0.2, 0.25) is 0 Å². The van der Waals surface area contributed by atoms with Crippen LogP contribution in [0.4, 0.5) is 18.0 Å². The average Bonchev–Trinajstić information content (AvgIpc) is 3.99. The Morgan fingerprint density at radius 1 is 1.13 bits per heavy atom. The Balaban J connectivity index is 1.29. The molecule has 3 aromatic rings. The van der Waals surface area contributed by atoms with Crippen molar-refractivity contribution in [3.8, 4) is 22.9 Å². The van der Waals surface area contributed by atoms with Crippen LogP contribution in [-0.2, 0) is 32.8 Å². The molecule has 18 heteroatoms. The van der Waals surface area contributed by atoms with Gasteiger partial charge in [0.1, 0.15) is 23.1 Å². The molecule has 2 aromatic heterocycles. The first kappa shape index (κ1) is 38.8. The molecule has 14 nitrogen and oxygen atoms in total. The van der Waals surface area contributed by atoms with Gasteiger partial charge < -0.3 is 25.0 Å². The lowest BCUT2D eigenvalue weighted by molar-refractivity contribution is -0.141. The van der Waals surface area contributed by atoms with Crippen molar-refractivity contribution >= 4 is 38.8 Å². The maximum Gasteiger partial charge on any atom is 0.435 e. The third-order valence-corrected chi connectivity index (χ3v) is 12.7. The smallest absolute Gasteiger partial charge is 0.435 e. The third kappa shape index (κ3) is 7.70. The topological polar surface area (TPSA) is 174 Å². The maximum absolute atomic E-state index is 14.0. The fourth-order valence-corrected chi connectivity index (χ4v) is 7.87. The minimum Gasteiger partial charge on any atom is -0.496 e. The molecular formula is C36H44F3N7O7S. The number of aromatic nitrogens is 3. The van der Waals surface area contributed by atoms with Crippen molar-refractivity contribution in [3.05, 3.63) is 47.7 Å². The number of aryl methyl sites for hydroxylation is 2. The summed E-state index contributed by atoms with van der Waals surface area (Å²) in [5, 5.41) is 9.64. The number of carbonyl (C=O) groups excluding carboxylic acids is 3. The number of sulfonamides is 1. The second-order valence-corrected chi connectivity index (χ2v) is 16.7. The zero-order valence-corrected chi connectivity index (χ0v) is 31.5. The number of urea groups is 1. The van der Waals surface area contributed by atoms with Crippen LogP contribution in [0.25, 0.3) is 22.3 Å². The average molecular weight is 776 g/mol. The number of allylic oxidation sites excluding steroid dienone is 1. The summed E-state index contributed by atoms with van der Waals surface area (Å²) in [4.78, 5) is 47.0. The number of halogens is 3. The lowest BCUT2D eigenvalue weighted by atomic mass is 10.1. The van der Waals surface area contributed by atoms with Crippen LogP contribution in [0.3, 0.4) is 0 Å². The van der Waals surface area contributed by atoms with Gasteiger partial charge in [-0.3, -0.25) is 19.0 Å². The highest BCUT2D eigenvalue weighted by Crippen LogP contribution is 2.47. The van der Waals surface area contributed by atoms with Crippen molar-refractivity contribution in [2.24, 2.45) is 13.0 Å². The van der Waals surface area contributed by atoms with E-state index >= 15 is 0 Å². The first-order valence-corrected chi connectivity index (χ1v) is 19.2. The van der Waals surface area contributed by atoms with Gasteiger partial charge in [0.25, 0.3) is 5.91 Å². The highest BCUT2D eigenvalue weighted by atomic mass is 32.2. The Morgan fingerprint density at radius 3 is 2.54 bits per heavy atom. The summed E-state index contributed by atoms with van der Waals surface area (Å²) in [5.41, 5.74) is -1.41. The van der Waals surface area contributed by atoms with Gasteiger partial charge in [-0.05, 0) is 70.6 Å². The number of nitrogens with one attached hydrogen (secondary N) is 3. The summed E-state index contributed by atoms with van der Waals surface area (Å²) in [6.45, 7) is 3.57. The number of nitrogens with zero attached hydrogens (tertiary/aromatic N) is 4. The quantitative estimate of drug-likeness (QED) is 0.267. The molecule has 0 saturated heterocycles. The molecule has 0 unspecified atom stereocenters. The number of fused-ring (bicyclic) bond motifs is 2. The Hall–Kier alpha value is -4.87. The number of rotatable bonds is 9. The molecule has 2 fully saturated rings. The Bertz CT molecular complexity index is 2120. The van der Waals surface area contributed by atoms with Crippen LogP contribution in [0.15, 0.2) is 36.4 Å². The molecule has 3 heterocycles. The van der Waals surface area contributed by atoms with Crippen molar-refractivity contribution in [1.29, 1.82) is 0 Å². The summed E-state index contributed by atoms with van der Waals surface area (Å²) in [7, 11) is 0.448. The number of hydrogen-bond donors (Lipinski definition) is 3. The molecule has 0 spiro atoms. The first-order chi connectivity index (χ1) is 25.4. The molecule has 3 aliphatic rings. The fourth-order valence-electron chi connectivity index (χ4n) is 6.55. The molecule has 292 valence electrons.